The summed E-state index contributed by atoms with van der Waals surface area (Å²) in [4.78, 5) is 2.62. The molecule has 0 saturated carbocycles. The number of rotatable bonds is 1. The lowest BCUT2D eigenvalue weighted by Crippen LogP contribution is -2.35. The van der Waals surface area contributed by atoms with Crippen LogP contribution >= 0.6 is 31.9 Å². The largest absolute Gasteiger partial charge is 0.294 e. The molecule has 2 rings (SSSR count). The fraction of sp³-hybridized carbons (Fsp3) is 0.778. The Morgan fingerprint density at radius 3 is 2.25 bits per heavy atom. The third kappa shape index (κ3) is 1.51. The van der Waals surface area contributed by atoms with Gasteiger partial charge in [-0.25, -0.2) is 0 Å². The zero-order chi connectivity index (χ0) is 8.60. The van der Waals surface area contributed by atoms with Crippen molar-refractivity contribution in [3.63, 3.8) is 0 Å². The predicted molar refractivity (Wildman–Crippen MR) is 58.7 cm³/mol. The molecule has 0 radical (unpaired) electrons. The van der Waals surface area contributed by atoms with Gasteiger partial charge >= 0.3 is 0 Å². The van der Waals surface area contributed by atoms with Crippen LogP contribution in [-0.4, -0.2) is 23.5 Å². The van der Waals surface area contributed by atoms with Crippen molar-refractivity contribution in [3.05, 3.63) is 9.47 Å². The van der Waals surface area contributed by atoms with Gasteiger partial charge in [0.05, 0.1) is 3.39 Å². The first-order valence-electron chi connectivity index (χ1n) is 4.52. The summed E-state index contributed by atoms with van der Waals surface area (Å²) in [5.74, 6) is 0. The highest BCUT2D eigenvalue weighted by Gasteiger charge is 2.42. The van der Waals surface area contributed by atoms with Gasteiger partial charge in [0.2, 0.25) is 0 Å². The van der Waals surface area contributed by atoms with E-state index in [1.807, 2.05) is 0 Å². The third-order valence-corrected chi connectivity index (χ3v) is 3.54. The number of nitrogens with zero attached hydrogens (tertiary/aromatic N) is 1. The number of fused-ring (bicyclic) bond motifs is 1. The summed E-state index contributed by atoms with van der Waals surface area (Å²) in [6.45, 7) is 2.59. The maximum absolute atomic E-state index is 3.47. The first-order valence-corrected chi connectivity index (χ1v) is 6.10. The maximum atomic E-state index is 3.47. The Bertz CT molecular complexity index is 199. The normalized spacial score (nSPS) is 27.2. The second-order valence-corrected chi connectivity index (χ2v) is 6.50. The van der Waals surface area contributed by atoms with E-state index in [1.165, 1.54) is 38.8 Å². The Balaban J connectivity index is 2.22. The zero-order valence-electron chi connectivity index (χ0n) is 7.02. The first-order chi connectivity index (χ1) is 5.73. The number of hydrogen-bond donors (Lipinski definition) is 0. The van der Waals surface area contributed by atoms with Gasteiger partial charge in [0.1, 0.15) is 0 Å². The van der Waals surface area contributed by atoms with E-state index in [2.05, 4.69) is 42.8 Å². The van der Waals surface area contributed by atoms with Crippen LogP contribution in [0.25, 0.3) is 0 Å². The Hall–Kier alpha value is 0.660. The van der Waals surface area contributed by atoms with Crippen molar-refractivity contribution in [2.24, 2.45) is 0 Å². The second kappa shape index (κ2) is 3.43. The van der Waals surface area contributed by atoms with E-state index < -0.39 is 0 Å². The van der Waals surface area contributed by atoms with Crippen LogP contribution in [0.4, 0.5) is 0 Å². The van der Waals surface area contributed by atoms with E-state index in [-0.39, 0.29) is 0 Å². The van der Waals surface area contributed by atoms with Crippen LogP contribution in [0.3, 0.4) is 0 Å². The van der Waals surface area contributed by atoms with Crippen LogP contribution in [0.1, 0.15) is 25.7 Å². The van der Waals surface area contributed by atoms with E-state index in [9.17, 15) is 0 Å². The van der Waals surface area contributed by atoms with Gasteiger partial charge in [-0.1, -0.05) is 0 Å². The van der Waals surface area contributed by atoms with E-state index >= 15 is 0 Å². The van der Waals surface area contributed by atoms with E-state index in [1.54, 1.807) is 0 Å². The molecule has 68 valence electrons. The van der Waals surface area contributed by atoms with Crippen LogP contribution in [-0.2, 0) is 0 Å². The molecule has 12 heavy (non-hydrogen) atoms. The molecule has 0 spiro atoms. The summed E-state index contributed by atoms with van der Waals surface area (Å²) in [6, 6.07) is 0. The van der Waals surface area contributed by atoms with E-state index in [0.29, 0.717) is 5.54 Å². The van der Waals surface area contributed by atoms with Crippen molar-refractivity contribution in [2.45, 2.75) is 31.2 Å². The van der Waals surface area contributed by atoms with Gasteiger partial charge in [0, 0.05) is 5.54 Å². The molecular formula is C9H13Br2N. The molecular weight excluding hydrogens is 282 g/mol. The lowest BCUT2D eigenvalue weighted by atomic mass is 9.95. The molecule has 0 atom stereocenters. The number of halogens is 2. The van der Waals surface area contributed by atoms with Crippen LogP contribution in [0.2, 0.25) is 0 Å². The van der Waals surface area contributed by atoms with Gasteiger partial charge in [0.25, 0.3) is 0 Å². The molecule has 3 heteroatoms. The lowest BCUT2D eigenvalue weighted by Gasteiger charge is -2.28. The molecule has 0 bridgehead atoms. The van der Waals surface area contributed by atoms with Crippen LogP contribution < -0.4 is 0 Å². The fourth-order valence-electron chi connectivity index (χ4n) is 2.59. The second-order valence-electron chi connectivity index (χ2n) is 3.73. The number of hydrogen-bond acceptors (Lipinski definition) is 1. The lowest BCUT2D eigenvalue weighted by molar-refractivity contribution is 0.250. The van der Waals surface area contributed by atoms with Crippen molar-refractivity contribution >= 4 is 31.9 Å². The Labute approximate surface area is 90.5 Å². The predicted octanol–water partition coefficient (Wildman–Crippen LogP) is 3.25. The molecule has 2 aliphatic heterocycles. The van der Waals surface area contributed by atoms with Crippen LogP contribution in [0.5, 0.6) is 0 Å². The van der Waals surface area contributed by atoms with E-state index in [0.717, 1.165) is 3.39 Å². The van der Waals surface area contributed by atoms with Crippen LogP contribution in [0.15, 0.2) is 9.47 Å². The molecule has 0 aromatic carbocycles. The summed E-state index contributed by atoms with van der Waals surface area (Å²) in [7, 11) is 0. The average Bonchev–Trinajstić information content (AvgIpc) is 2.42. The van der Waals surface area contributed by atoms with Crippen molar-refractivity contribution in [1.29, 1.82) is 0 Å². The molecule has 0 unspecified atom stereocenters. The van der Waals surface area contributed by atoms with E-state index in [4.69, 9.17) is 0 Å². The van der Waals surface area contributed by atoms with Crippen molar-refractivity contribution < 1.29 is 0 Å². The van der Waals surface area contributed by atoms with Gasteiger partial charge < -0.3 is 0 Å². The van der Waals surface area contributed by atoms with Gasteiger partial charge in [-0.05, 0) is 76.7 Å². The summed E-state index contributed by atoms with van der Waals surface area (Å²) < 4.78 is 1.11. The quantitative estimate of drug-likeness (QED) is 0.718. The smallest absolute Gasteiger partial charge is 0.0582 e. The Kier molecular flexibility index (Phi) is 2.64. The molecule has 2 saturated heterocycles. The fourth-order valence-corrected chi connectivity index (χ4v) is 3.44. The topological polar surface area (TPSA) is 3.24 Å². The third-order valence-electron chi connectivity index (χ3n) is 3.08. The molecule has 0 aromatic rings. The minimum Gasteiger partial charge on any atom is -0.294 e. The molecule has 0 aliphatic carbocycles. The highest BCUT2D eigenvalue weighted by molar-refractivity contribution is 9.28. The average molecular weight is 295 g/mol. The maximum Gasteiger partial charge on any atom is 0.0582 e. The molecule has 1 nitrogen and oxygen atoms in total. The summed E-state index contributed by atoms with van der Waals surface area (Å²) in [5.41, 5.74) is 0.405. The van der Waals surface area contributed by atoms with Crippen molar-refractivity contribution in [2.75, 3.05) is 13.1 Å². The summed E-state index contributed by atoms with van der Waals surface area (Å²) in [5, 5.41) is 0. The standard InChI is InChI=1S/C9H13Br2N/c10-8(11)7-9-3-1-5-12(9)6-2-4-9/h7H,1-6H2. The van der Waals surface area contributed by atoms with Gasteiger partial charge in [0.15, 0.2) is 0 Å². The molecule has 2 aliphatic rings. The summed E-state index contributed by atoms with van der Waals surface area (Å²) in [6.07, 6.45) is 7.75. The van der Waals surface area contributed by atoms with Gasteiger partial charge in [-0.15, -0.1) is 0 Å². The Morgan fingerprint density at radius 1 is 1.17 bits per heavy atom. The molecule has 0 aromatic heterocycles. The van der Waals surface area contributed by atoms with Crippen LogP contribution in [0, 0.1) is 0 Å². The highest BCUT2D eigenvalue weighted by atomic mass is 79.9. The van der Waals surface area contributed by atoms with Gasteiger partial charge in [-0.3, -0.25) is 4.90 Å². The Morgan fingerprint density at radius 2 is 1.75 bits per heavy atom. The molecule has 0 N–H and O–H groups in total. The molecule has 2 heterocycles. The van der Waals surface area contributed by atoms with Gasteiger partial charge in [-0.2, -0.15) is 0 Å². The van der Waals surface area contributed by atoms with Crippen molar-refractivity contribution in [1.82, 2.24) is 4.90 Å². The highest BCUT2D eigenvalue weighted by Crippen LogP contribution is 2.41. The minimum atomic E-state index is 0.405. The SMILES string of the molecule is BrC(Br)=CC12CCCN1CCC2. The molecule has 0 amide bonds. The molecule has 2 fully saturated rings. The summed E-state index contributed by atoms with van der Waals surface area (Å²) >= 11 is 6.93. The van der Waals surface area contributed by atoms with Crippen molar-refractivity contribution in [3.8, 4) is 0 Å². The first kappa shape index (κ1) is 9.22. The monoisotopic (exact) mass is 293 g/mol. The minimum absolute atomic E-state index is 0.405. The zero-order valence-corrected chi connectivity index (χ0v) is 10.2.